The van der Waals surface area contributed by atoms with Gasteiger partial charge in [-0.2, -0.15) is 0 Å². The molecule has 6 heteroatoms. The highest BCUT2D eigenvalue weighted by atomic mass is 32.2. The maximum Gasteiger partial charge on any atom is 0.206 e. The maximum atomic E-state index is 9.41. The van der Waals surface area contributed by atoms with Crippen LogP contribution in [0.3, 0.4) is 0 Å². The zero-order valence-corrected chi connectivity index (χ0v) is 13.0. The van der Waals surface area contributed by atoms with Gasteiger partial charge in [-0.25, -0.2) is 13.6 Å². The summed E-state index contributed by atoms with van der Waals surface area (Å²) < 4.78 is 18.8. The number of hydrogen-bond acceptors (Lipinski definition) is 4. The van der Waals surface area contributed by atoms with E-state index >= 15 is 0 Å². The Kier molecular flexibility index (Phi) is 7.48. The smallest absolute Gasteiger partial charge is 0.206 e. The molecule has 0 radical (unpaired) electrons. The molecule has 0 atom stereocenters. The highest BCUT2D eigenvalue weighted by Crippen LogP contribution is 2.22. The number of rotatable bonds is 4. The van der Waals surface area contributed by atoms with Crippen LogP contribution in [0.1, 0.15) is 25.8 Å². The SMILES string of the molecule is CCCN(CC)c1ccc(N)cc1C.CS(N)(=O)=O. The number of aryl methyl sites for hydroxylation is 1. The minimum atomic E-state index is -3.17. The van der Waals surface area contributed by atoms with Crippen molar-refractivity contribution in [2.75, 3.05) is 30.0 Å². The fraction of sp³-hybridized carbons (Fsp3) is 0.538. The van der Waals surface area contributed by atoms with Crippen LogP contribution in [-0.2, 0) is 10.0 Å². The van der Waals surface area contributed by atoms with Crippen LogP contribution in [0.25, 0.3) is 0 Å². The van der Waals surface area contributed by atoms with Crippen molar-refractivity contribution in [1.82, 2.24) is 0 Å². The van der Waals surface area contributed by atoms with E-state index in [9.17, 15) is 8.42 Å². The van der Waals surface area contributed by atoms with E-state index in [0.29, 0.717) is 0 Å². The first-order chi connectivity index (χ1) is 8.69. The molecule has 0 unspecified atom stereocenters. The Morgan fingerprint density at radius 3 is 2.16 bits per heavy atom. The molecule has 0 fully saturated rings. The van der Waals surface area contributed by atoms with E-state index in [1.54, 1.807) is 0 Å². The summed E-state index contributed by atoms with van der Waals surface area (Å²) in [5.41, 5.74) is 9.14. The van der Waals surface area contributed by atoms with E-state index in [1.165, 1.54) is 17.7 Å². The highest BCUT2D eigenvalue weighted by Gasteiger charge is 2.05. The molecule has 0 aliphatic heterocycles. The summed E-state index contributed by atoms with van der Waals surface area (Å²) in [6.07, 6.45) is 2.12. The Labute approximate surface area is 116 Å². The van der Waals surface area contributed by atoms with Gasteiger partial charge in [0.25, 0.3) is 0 Å². The Morgan fingerprint density at radius 2 is 1.79 bits per heavy atom. The van der Waals surface area contributed by atoms with Gasteiger partial charge in [0.1, 0.15) is 0 Å². The van der Waals surface area contributed by atoms with E-state index < -0.39 is 10.0 Å². The van der Waals surface area contributed by atoms with Crippen molar-refractivity contribution in [2.24, 2.45) is 5.14 Å². The predicted molar refractivity (Wildman–Crippen MR) is 82.8 cm³/mol. The number of nitrogens with two attached hydrogens (primary N) is 2. The van der Waals surface area contributed by atoms with Crippen LogP contribution in [0, 0.1) is 6.92 Å². The first-order valence-electron chi connectivity index (χ1n) is 6.27. The van der Waals surface area contributed by atoms with Crippen LogP contribution in [0.2, 0.25) is 0 Å². The molecule has 0 spiro atoms. The first kappa shape index (κ1) is 17.7. The lowest BCUT2D eigenvalue weighted by Crippen LogP contribution is -2.24. The third-order valence-corrected chi connectivity index (χ3v) is 2.44. The summed E-state index contributed by atoms with van der Waals surface area (Å²) in [6.45, 7) is 8.67. The number of primary sulfonamides is 1. The molecule has 5 nitrogen and oxygen atoms in total. The van der Waals surface area contributed by atoms with Gasteiger partial charge in [-0.3, -0.25) is 0 Å². The lowest BCUT2D eigenvalue weighted by molar-refractivity contribution is 0.603. The second-order valence-corrected chi connectivity index (χ2v) is 6.11. The van der Waals surface area contributed by atoms with Gasteiger partial charge in [0.05, 0.1) is 6.26 Å². The van der Waals surface area contributed by atoms with Gasteiger partial charge in [-0.1, -0.05) is 6.92 Å². The molecule has 0 amide bonds. The highest BCUT2D eigenvalue weighted by molar-refractivity contribution is 7.88. The normalized spacial score (nSPS) is 10.6. The lowest BCUT2D eigenvalue weighted by atomic mass is 10.1. The average molecular weight is 287 g/mol. The zero-order valence-electron chi connectivity index (χ0n) is 12.2. The summed E-state index contributed by atoms with van der Waals surface area (Å²) in [7, 11) is -3.17. The molecule has 0 aliphatic carbocycles. The van der Waals surface area contributed by atoms with Crippen LogP contribution < -0.4 is 15.8 Å². The number of sulfonamides is 1. The monoisotopic (exact) mass is 287 g/mol. The van der Waals surface area contributed by atoms with Crippen LogP contribution in [0.4, 0.5) is 11.4 Å². The number of nitrogen functional groups attached to an aromatic ring is 1. The van der Waals surface area contributed by atoms with Crippen LogP contribution in [0.5, 0.6) is 0 Å². The molecule has 0 saturated carbocycles. The Bertz CT molecular complexity index is 479. The third kappa shape index (κ3) is 8.45. The Hall–Kier alpha value is -1.27. The van der Waals surface area contributed by atoms with Gasteiger partial charge >= 0.3 is 0 Å². The Morgan fingerprint density at radius 1 is 1.26 bits per heavy atom. The predicted octanol–water partition coefficient (Wildman–Crippen LogP) is 1.72. The lowest BCUT2D eigenvalue weighted by Gasteiger charge is -2.24. The van der Waals surface area contributed by atoms with Crippen LogP contribution >= 0.6 is 0 Å². The number of benzene rings is 1. The molecule has 0 bridgehead atoms. The van der Waals surface area contributed by atoms with Crippen LogP contribution in [0.15, 0.2) is 18.2 Å². The van der Waals surface area contributed by atoms with Crippen molar-refractivity contribution in [1.29, 1.82) is 0 Å². The summed E-state index contributed by atoms with van der Waals surface area (Å²) >= 11 is 0. The molecule has 1 rings (SSSR count). The standard InChI is InChI=1S/C12H20N2.CH5NO2S/c1-4-8-14(5-2)12-7-6-11(13)9-10(12)3;1-5(2,3)4/h6-7,9H,4-5,8,13H2,1-3H3;1H3,(H2,2,3,4). The maximum absolute atomic E-state index is 9.41. The molecule has 0 aromatic heterocycles. The van der Waals surface area contributed by atoms with Crippen molar-refractivity contribution in [3.8, 4) is 0 Å². The van der Waals surface area contributed by atoms with E-state index in [4.69, 9.17) is 5.73 Å². The molecule has 0 aliphatic rings. The largest absolute Gasteiger partial charge is 0.399 e. The van der Waals surface area contributed by atoms with Gasteiger partial charge in [-0.05, 0) is 44.0 Å². The molecule has 19 heavy (non-hydrogen) atoms. The molecule has 4 N–H and O–H groups in total. The first-order valence-corrected chi connectivity index (χ1v) is 8.23. The van der Waals surface area contributed by atoms with E-state index in [2.05, 4.69) is 36.9 Å². The average Bonchev–Trinajstić information content (AvgIpc) is 2.24. The van der Waals surface area contributed by atoms with Crippen LogP contribution in [-0.4, -0.2) is 27.8 Å². The molecule has 1 aromatic carbocycles. The van der Waals surface area contributed by atoms with Gasteiger partial charge in [0.15, 0.2) is 0 Å². The summed E-state index contributed by atoms with van der Waals surface area (Å²) in [5, 5.41) is 4.33. The molecule has 1 aromatic rings. The van der Waals surface area contributed by atoms with Gasteiger partial charge in [0.2, 0.25) is 10.0 Å². The van der Waals surface area contributed by atoms with E-state index in [0.717, 1.165) is 25.0 Å². The second kappa shape index (κ2) is 8.01. The van der Waals surface area contributed by atoms with Crippen molar-refractivity contribution in [2.45, 2.75) is 27.2 Å². The van der Waals surface area contributed by atoms with Crippen molar-refractivity contribution >= 4 is 21.4 Å². The van der Waals surface area contributed by atoms with Gasteiger partial charge in [-0.15, -0.1) is 0 Å². The summed E-state index contributed by atoms with van der Waals surface area (Å²) in [5.74, 6) is 0. The molecule has 0 saturated heterocycles. The van der Waals surface area contributed by atoms with Crippen molar-refractivity contribution in [3.05, 3.63) is 23.8 Å². The van der Waals surface area contributed by atoms with Gasteiger partial charge < -0.3 is 10.6 Å². The van der Waals surface area contributed by atoms with Gasteiger partial charge in [0, 0.05) is 24.5 Å². The van der Waals surface area contributed by atoms with Crippen molar-refractivity contribution in [3.63, 3.8) is 0 Å². The van der Waals surface area contributed by atoms with E-state index in [1.807, 2.05) is 12.1 Å². The summed E-state index contributed by atoms with van der Waals surface area (Å²) in [6, 6.07) is 6.12. The zero-order chi connectivity index (χ0) is 15.1. The number of anilines is 2. The van der Waals surface area contributed by atoms with E-state index in [-0.39, 0.29) is 0 Å². The Balaban J connectivity index is 0.000000555. The number of hydrogen-bond donors (Lipinski definition) is 2. The summed E-state index contributed by atoms with van der Waals surface area (Å²) in [4.78, 5) is 2.38. The molecule has 110 valence electrons. The fourth-order valence-corrected chi connectivity index (χ4v) is 1.75. The molecular weight excluding hydrogens is 262 g/mol. The molecule has 0 heterocycles. The number of nitrogens with zero attached hydrogens (tertiary/aromatic N) is 1. The molecular formula is C13H25N3O2S. The second-order valence-electron chi connectivity index (χ2n) is 4.46. The quantitative estimate of drug-likeness (QED) is 0.825. The van der Waals surface area contributed by atoms with Crippen molar-refractivity contribution < 1.29 is 8.42 Å². The topological polar surface area (TPSA) is 89.4 Å². The minimum absolute atomic E-state index is 0.846. The third-order valence-electron chi connectivity index (χ3n) is 2.44. The minimum Gasteiger partial charge on any atom is -0.399 e. The fourth-order valence-electron chi connectivity index (χ4n) is 1.75.